The molecule has 9 N–H and O–H groups in total. The summed E-state index contributed by atoms with van der Waals surface area (Å²) >= 11 is 0. The molecule has 6 rings (SSSR count). The van der Waals surface area contributed by atoms with Crippen LogP contribution < -0.4 is 42.4 Å². The van der Waals surface area contributed by atoms with E-state index in [0.29, 0.717) is 55.4 Å². The SMILES string of the molecule is Cc1ccc(S(=O)(=O)N(Cc2ccccc2)c2ccc(Nc3nc(N4C[C@H](N)C[C@H](N)C4)nc(N4C[C@H](N)C[C@H](N)C4)n3)cc2)cc1. The Kier molecular flexibility index (Phi) is 9.57. The Morgan fingerprint density at radius 3 is 1.74 bits per heavy atom. The third-order valence-electron chi connectivity index (χ3n) is 8.40. The zero-order valence-corrected chi connectivity index (χ0v) is 27.3. The number of nitrogens with zero attached hydrogens (tertiary/aromatic N) is 6. The molecule has 0 radical (unpaired) electrons. The highest BCUT2D eigenvalue weighted by Crippen LogP contribution is 2.29. The van der Waals surface area contributed by atoms with Gasteiger partial charge in [-0.15, -0.1) is 0 Å². The number of anilines is 5. The highest BCUT2D eigenvalue weighted by Gasteiger charge is 2.29. The van der Waals surface area contributed by atoms with Crippen LogP contribution in [0.5, 0.6) is 0 Å². The lowest BCUT2D eigenvalue weighted by molar-refractivity contribution is 0.441. The average molecular weight is 658 g/mol. The van der Waals surface area contributed by atoms with Gasteiger partial charge < -0.3 is 38.1 Å². The molecule has 47 heavy (non-hydrogen) atoms. The molecule has 13 nitrogen and oxygen atoms in total. The number of aryl methyl sites for hydroxylation is 1. The second-order valence-corrected chi connectivity index (χ2v) is 14.4. The summed E-state index contributed by atoms with van der Waals surface area (Å²) in [6.45, 7) is 4.36. The largest absolute Gasteiger partial charge is 0.338 e. The number of nitrogens with two attached hydrogens (primary N) is 4. The van der Waals surface area contributed by atoms with E-state index in [-0.39, 0.29) is 35.6 Å². The van der Waals surface area contributed by atoms with Gasteiger partial charge in [-0.05, 0) is 61.7 Å². The molecule has 0 amide bonds. The number of benzene rings is 3. The Hall–Kier alpha value is -4.34. The summed E-state index contributed by atoms with van der Waals surface area (Å²) in [7, 11) is -3.87. The van der Waals surface area contributed by atoms with Gasteiger partial charge in [-0.25, -0.2) is 8.42 Å². The summed E-state index contributed by atoms with van der Waals surface area (Å²) in [4.78, 5) is 18.5. The van der Waals surface area contributed by atoms with Crippen LogP contribution >= 0.6 is 0 Å². The molecular formula is C33H43N11O2S. The number of piperidine rings is 2. The van der Waals surface area contributed by atoms with Gasteiger partial charge in [-0.2, -0.15) is 15.0 Å². The number of hydrogen-bond donors (Lipinski definition) is 5. The van der Waals surface area contributed by atoms with E-state index in [1.165, 1.54) is 4.31 Å². The molecule has 14 heteroatoms. The first-order valence-corrected chi connectivity index (χ1v) is 17.3. The van der Waals surface area contributed by atoms with Crippen LogP contribution in [0.25, 0.3) is 0 Å². The van der Waals surface area contributed by atoms with Crippen molar-refractivity contribution in [3.63, 3.8) is 0 Å². The monoisotopic (exact) mass is 657 g/mol. The topological polar surface area (TPSA) is 199 Å². The molecule has 4 aromatic rings. The van der Waals surface area contributed by atoms with Crippen molar-refractivity contribution in [3.8, 4) is 0 Å². The van der Waals surface area contributed by atoms with E-state index in [1.54, 1.807) is 48.5 Å². The lowest BCUT2D eigenvalue weighted by Crippen LogP contribution is -2.54. The van der Waals surface area contributed by atoms with Crippen molar-refractivity contribution in [2.24, 2.45) is 22.9 Å². The molecule has 3 heterocycles. The van der Waals surface area contributed by atoms with Crippen molar-refractivity contribution in [3.05, 3.63) is 90.0 Å². The van der Waals surface area contributed by atoms with Gasteiger partial charge in [-0.1, -0.05) is 48.0 Å². The number of sulfonamides is 1. The van der Waals surface area contributed by atoms with Crippen LogP contribution in [0.15, 0.2) is 83.8 Å². The molecule has 2 fully saturated rings. The minimum Gasteiger partial charge on any atom is -0.338 e. The van der Waals surface area contributed by atoms with Crippen LogP contribution in [0.4, 0.5) is 29.2 Å². The Morgan fingerprint density at radius 1 is 0.723 bits per heavy atom. The molecule has 0 unspecified atom stereocenters. The zero-order chi connectivity index (χ0) is 33.1. The minimum absolute atomic E-state index is 0.102. The van der Waals surface area contributed by atoms with Crippen LogP contribution in [0.1, 0.15) is 24.0 Å². The van der Waals surface area contributed by atoms with Crippen LogP contribution in [0.2, 0.25) is 0 Å². The summed E-state index contributed by atoms with van der Waals surface area (Å²) in [6, 6.07) is 23.1. The van der Waals surface area contributed by atoms with Gasteiger partial charge in [0.15, 0.2) is 0 Å². The van der Waals surface area contributed by atoms with E-state index in [4.69, 9.17) is 37.9 Å². The van der Waals surface area contributed by atoms with Crippen LogP contribution in [0, 0.1) is 6.92 Å². The summed E-state index contributed by atoms with van der Waals surface area (Å²) in [5, 5.41) is 3.29. The van der Waals surface area contributed by atoms with Crippen molar-refractivity contribution in [1.82, 2.24) is 15.0 Å². The van der Waals surface area contributed by atoms with Crippen molar-refractivity contribution in [2.75, 3.05) is 45.6 Å². The molecule has 0 bridgehead atoms. The predicted molar refractivity (Wildman–Crippen MR) is 186 cm³/mol. The number of rotatable bonds is 9. The lowest BCUT2D eigenvalue weighted by Gasteiger charge is -2.37. The zero-order valence-electron chi connectivity index (χ0n) is 26.5. The third-order valence-corrected chi connectivity index (χ3v) is 10.2. The van der Waals surface area contributed by atoms with Crippen molar-refractivity contribution >= 4 is 39.2 Å². The second kappa shape index (κ2) is 13.8. The van der Waals surface area contributed by atoms with Crippen LogP contribution in [-0.2, 0) is 16.6 Å². The summed E-state index contributed by atoms with van der Waals surface area (Å²) in [5.41, 5.74) is 28.2. The second-order valence-electron chi connectivity index (χ2n) is 12.6. The molecule has 0 spiro atoms. The van der Waals surface area contributed by atoms with Crippen molar-refractivity contribution < 1.29 is 8.42 Å². The molecule has 2 saturated heterocycles. The summed E-state index contributed by atoms with van der Waals surface area (Å²) in [6.07, 6.45) is 1.45. The molecule has 3 aromatic carbocycles. The van der Waals surface area contributed by atoms with Gasteiger partial charge >= 0.3 is 0 Å². The first kappa shape index (κ1) is 32.6. The predicted octanol–water partition coefficient (Wildman–Crippen LogP) is 2.05. The van der Waals surface area contributed by atoms with E-state index in [9.17, 15) is 8.42 Å². The van der Waals surface area contributed by atoms with Gasteiger partial charge in [0.25, 0.3) is 10.0 Å². The van der Waals surface area contributed by atoms with E-state index >= 15 is 0 Å². The number of hydrogen-bond acceptors (Lipinski definition) is 12. The highest BCUT2D eigenvalue weighted by atomic mass is 32.2. The first-order valence-electron chi connectivity index (χ1n) is 15.8. The highest BCUT2D eigenvalue weighted by molar-refractivity contribution is 7.92. The summed E-state index contributed by atoms with van der Waals surface area (Å²) in [5.74, 6) is 1.25. The molecule has 248 valence electrons. The quantitative estimate of drug-likeness (QED) is 0.176. The fourth-order valence-electron chi connectivity index (χ4n) is 6.12. The lowest BCUT2D eigenvalue weighted by atomic mass is 10.0. The van der Waals surface area contributed by atoms with Gasteiger partial charge in [0.05, 0.1) is 17.1 Å². The van der Waals surface area contributed by atoms with E-state index < -0.39 is 10.0 Å². The number of nitrogens with one attached hydrogen (secondary N) is 1. The molecule has 0 aliphatic carbocycles. The average Bonchev–Trinajstić information content (AvgIpc) is 3.04. The number of aromatic nitrogens is 3. The van der Waals surface area contributed by atoms with Crippen molar-refractivity contribution in [2.45, 2.75) is 55.4 Å². The standard InChI is InChI=1S/C33H43N11O2S/c1-22-7-13-30(14-8-22)47(45,46)44(17-23-5-3-2-4-6-23)29-11-9-28(10-12-29)38-31-39-32(42-18-24(34)15-25(35)19-42)41-33(40-31)43-20-26(36)16-27(37)21-43/h2-14,24-27H,15-21,34-37H2,1H3,(H,38,39,40,41)/t24-,25+,26-,27+. The molecular weight excluding hydrogens is 615 g/mol. The molecule has 2 aliphatic heterocycles. The van der Waals surface area contributed by atoms with E-state index in [1.807, 2.05) is 47.1 Å². The van der Waals surface area contributed by atoms with Crippen LogP contribution in [-0.4, -0.2) is 73.7 Å². The van der Waals surface area contributed by atoms with Gasteiger partial charge in [-0.3, -0.25) is 4.31 Å². The van der Waals surface area contributed by atoms with Gasteiger partial charge in [0.2, 0.25) is 17.8 Å². The van der Waals surface area contributed by atoms with Gasteiger partial charge in [0.1, 0.15) is 0 Å². The maximum atomic E-state index is 13.9. The Balaban J connectivity index is 1.31. The Labute approximate surface area is 276 Å². The smallest absolute Gasteiger partial charge is 0.264 e. The van der Waals surface area contributed by atoms with Crippen LogP contribution in [0.3, 0.4) is 0 Å². The summed E-state index contributed by atoms with van der Waals surface area (Å²) < 4.78 is 29.3. The molecule has 4 atom stereocenters. The maximum absolute atomic E-state index is 13.9. The maximum Gasteiger partial charge on any atom is 0.264 e. The minimum atomic E-state index is -3.87. The van der Waals surface area contributed by atoms with E-state index in [2.05, 4.69) is 5.32 Å². The molecule has 1 aromatic heterocycles. The van der Waals surface area contributed by atoms with Crippen molar-refractivity contribution in [1.29, 1.82) is 0 Å². The molecule has 0 saturated carbocycles. The normalized spacial score (nSPS) is 21.8. The fraction of sp³-hybridized carbons (Fsp3) is 0.364. The third kappa shape index (κ3) is 7.80. The molecule has 2 aliphatic rings. The van der Waals surface area contributed by atoms with E-state index in [0.717, 1.165) is 24.0 Å². The Bertz CT molecular complexity index is 1690. The Morgan fingerprint density at radius 2 is 1.23 bits per heavy atom. The first-order chi connectivity index (χ1) is 22.5. The fourth-order valence-corrected chi connectivity index (χ4v) is 7.57. The van der Waals surface area contributed by atoms with Gasteiger partial charge in [0, 0.05) is 56.0 Å².